The molecule has 33 heavy (non-hydrogen) atoms. The van der Waals surface area contributed by atoms with Crippen LogP contribution in [-0.4, -0.2) is 49.8 Å². The third-order valence-electron chi connectivity index (χ3n) is 5.63. The van der Waals surface area contributed by atoms with Gasteiger partial charge in [-0.05, 0) is 32.8 Å². The van der Waals surface area contributed by atoms with Crippen molar-refractivity contribution in [3.63, 3.8) is 0 Å². The van der Waals surface area contributed by atoms with Crippen molar-refractivity contribution in [3.8, 4) is 5.75 Å². The minimum absolute atomic E-state index is 0.0198. The molecule has 0 unspecified atom stereocenters. The Morgan fingerprint density at radius 1 is 1.39 bits per heavy atom. The first-order chi connectivity index (χ1) is 16.0. The predicted molar refractivity (Wildman–Crippen MR) is 129 cm³/mol. The van der Waals surface area contributed by atoms with Gasteiger partial charge >= 0.3 is 5.97 Å². The number of nitrogens with zero attached hydrogens (tertiary/aromatic N) is 5. The molecule has 2 radical (unpaired) electrons. The number of hydrogen-bond donors (Lipinski definition) is 1. The van der Waals surface area contributed by atoms with Crippen molar-refractivity contribution < 1.29 is 14.6 Å². The van der Waals surface area contributed by atoms with Crippen LogP contribution in [0.25, 0.3) is 10.9 Å². The van der Waals surface area contributed by atoms with Gasteiger partial charge in [0.05, 0.1) is 25.0 Å². The lowest BCUT2D eigenvalue weighted by atomic mass is 9.89. The van der Waals surface area contributed by atoms with Crippen LogP contribution in [0.3, 0.4) is 0 Å². The molecule has 1 aromatic carbocycles. The molecule has 168 valence electrons. The Hall–Kier alpha value is -2.79. The zero-order valence-electron chi connectivity index (χ0n) is 18.3. The van der Waals surface area contributed by atoms with Crippen molar-refractivity contribution in [2.24, 2.45) is 0 Å². The molecule has 0 saturated heterocycles. The first-order valence-corrected chi connectivity index (χ1v) is 12.5. The summed E-state index contributed by atoms with van der Waals surface area (Å²) >= 11 is 3.07. The van der Waals surface area contributed by atoms with E-state index in [4.69, 9.17) is 12.6 Å². The summed E-state index contributed by atoms with van der Waals surface area (Å²) in [6.45, 7) is 4.30. The number of carbonyl (C=O) groups excluding carboxylic acids is 1. The summed E-state index contributed by atoms with van der Waals surface area (Å²) in [6, 6.07) is 2.05. The average molecular weight is 479 g/mol. The minimum Gasteiger partial charge on any atom is -0.508 e. The average Bonchev–Trinajstić information content (AvgIpc) is 3.17. The van der Waals surface area contributed by atoms with Crippen LogP contribution in [-0.2, 0) is 17.0 Å². The van der Waals surface area contributed by atoms with Gasteiger partial charge in [0.15, 0.2) is 4.34 Å². The second-order valence-corrected chi connectivity index (χ2v) is 10.3. The molecule has 0 aliphatic heterocycles. The van der Waals surface area contributed by atoms with Crippen molar-refractivity contribution in [2.75, 3.05) is 6.61 Å². The van der Waals surface area contributed by atoms with Gasteiger partial charge in [0.25, 0.3) is 0 Å². The van der Waals surface area contributed by atoms with Gasteiger partial charge in [0, 0.05) is 46.3 Å². The van der Waals surface area contributed by atoms with E-state index in [2.05, 4.69) is 19.7 Å². The van der Waals surface area contributed by atoms with Crippen LogP contribution in [0.5, 0.6) is 5.75 Å². The van der Waals surface area contributed by atoms with Gasteiger partial charge < -0.3 is 19.0 Å². The number of rotatable bonds is 8. The lowest BCUT2D eigenvalue weighted by Crippen LogP contribution is -2.11. The minimum atomic E-state index is -0.401. The van der Waals surface area contributed by atoms with Crippen LogP contribution < -0.4 is 5.46 Å². The van der Waals surface area contributed by atoms with Gasteiger partial charge in [0.2, 0.25) is 0 Å². The van der Waals surface area contributed by atoms with Crippen molar-refractivity contribution in [2.45, 2.75) is 49.4 Å². The quantitative estimate of drug-likeness (QED) is 0.235. The Labute approximate surface area is 200 Å². The zero-order valence-corrected chi connectivity index (χ0v) is 19.9. The normalized spacial score (nSPS) is 13.6. The topological polar surface area (TPSA) is 95.1 Å². The van der Waals surface area contributed by atoms with E-state index in [0.29, 0.717) is 28.8 Å². The summed E-state index contributed by atoms with van der Waals surface area (Å²) in [7, 11) is 6.24. The molecule has 0 atom stereocenters. The standard InChI is InChI=1S/C22H22BN5O3S2/c1-3-31-21(30)19-17(10-32-22-26-25-12(2)33-22)28(13-4-5-13)16-8-15(23)20(29)14(18(16)19)9-27-7-6-24-11-27/h6-8,11,13,29H,3-5,9-10H2,1-2H3. The number of esters is 1. The number of imidazole rings is 1. The Balaban J connectivity index is 1.73. The Morgan fingerprint density at radius 2 is 2.21 bits per heavy atom. The number of thioether (sulfide) groups is 1. The van der Waals surface area contributed by atoms with E-state index in [-0.39, 0.29) is 23.9 Å². The van der Waals surface area contributed by atoms with E-state index in [1.54, 1.807) is 37.3 Å². The molecule has 3 aromatic heterocycles. The molecular formula is C22H22BN5O3S2. The van der Waals surface area contributed by atoms with Crippen LogP contribution in [0.1, 0.15) is 52.4 Å². The highest BCUT2D eigenvalue weighted by atomic mass is 32.2. The maximum Gasteiger partial charge on any atom is 0.340 e. The maximum atomic E-state index is 13.3. The molecule has 1 fully saturated rings. The fraction of sp³-hybridized carbons (Fsp3) is 0.364. The second kappa shape index (κ2) is 8.87. The van der Waals surface area contributed by atoms with E-state index in [0.717, 1.165) is 33.4 Å². The van der Waals surface area contributed by atoms with Crippen LogP contribution in [0.4, 0.5) is 0 Å². The molecule has 5 rings (SSSR count). The molecular weight excluding hydrogens is 457 g/mol. The molecule has 0 bridgehead atoms. The third kappa shape index (κ3) is 4.15. The summed E-state index contributed by atoms with van der Waals surface area (Å²) in [5.41, 5.74) is 3.06. The second-order valence-electron chi connectivity index (χ2n) is 7.94. The number of aryl methyl sites for hydroxylation is 1. The molecule has 11 heteroatoms. The highest BCUT2D eigenvalue weighted by Crippen LogP contribution is 2.45. The molecule has 1 N–H and O–H groups in total. The maximum absolute atomic E-state index is 13.3. The number of ether oxygens (including phenoxy) is 1. The molecule has 1 saturated carbocycles. The number of aromatic nitrogens is 5. The smallest absolute Gasteiger partial charge is 0.340 e. The first-order valence-electron chi connectivity index (χ1n) is 10.7. The molecule has 1 aliphatic carbocycles. The lowest BCUT2D eigenvalue weighted by molar-refractivity contribution is 0.0527. The van der Waals surface area contributed by atoms with Gasteiger partial charge in [-0.2, -0.15) is 0 Å². The Morgan fingerprint density at radius 3 is 2.85 bits per heavy atom. The summed E-state index contributed by atoms with van der Waals surface area (Å²) in [5, 5.41) is 20.8. The van der Waals surface area contributed by atoms with Crippen molar-refractivity contribution in [1.29, 1.82) is 0 Å². The van der Waals surface area contributed by atoms with Crippen LogP contribution in [0.2, 0.25) is 0 Å². The molecule has 4 aromatic rings. The number of phenols is 1. The van der Waals surface area contributed by atoms with Gasteiger partial charge in [-0.15, -0.1) is 10.2 Å². The number of aromatic hydroxyl groups is 1. The fourth-order valence-corrected chi connectivity index (χ4v) is 5.94. The van der Waals surface area contributed by atoms with E-state index < -0.39 is 5.97 Å². The van der Waals surface area contributed by atoms with E-state index in [1.807, 2.05) is 17.7 Å². The van der Waals surface area contributed by atoms with Gasteiger partial charge in [0.1, 0.15) is 18.6 Å². The third-order valence-corrected chi connectivity index (χ3v) is 7.61. The monoisotopic (exact) mass is 479 g/mol. The van der Waals surface area contributed by atoms with E-state index in [1.165, 1.54) is 11.3 Å². The van der Waals surface area contributed by atoms with Crippen molar-refractivity contribution >= 4 is 53.3 Å². The van der Waals surface area contributed by atoms with Gasteiger partial charge in [-0.1, -0.05) is 28.6 Å². The summed E-state index contributed by atoms with van der Waals surface area (Å²) < 4.78 is 10.4. The molecule has 0 amide bonds. The number of phenolic OH excluding ortho intramolecular Hbond substituents is 1. The summed E-state index contributed by atoms with van der Waals surface area (Å²) in [4.78, 5) is 17.4. The van der Waals surface area contributed by atoms with Crippen molar-refractivity contribution in [1.82, 2.24) is 24.3 Å². The SMILES string of the molecule is [B]c1cc2c(c(Cn3ccnc3)c1O)c(C(=O)OCC)c(CSc1nnc(C)s1)n2C1CC1. The first kappa shape index (κ1) is 22.0. The largest absolute Gasteiger partial charge is 0.508 e. The predicted octanol–water partition coefficient (Wildman–Crippen LogP) is 3.35. The number of fused-ring (bicyclic) bond motifs is 1. The van der Waals surface area contributed by atoms with Crippen LogP contribution >= 0.6 is 23.1 Å². The molecule has 8 nitrogen and oxygen atoms in total. The zero-order chi connectivity index (χ0) is 23.1. The fourth-order valence-electron chi connectivity index (χ4n) is 4.11. The Kier molecular flexibility index (Phi) is 5.92. The van der Waals surface area contributed by atoms with Gasteiger partial charge in [-0.25, -0.2) is 9.78 Å². The lowest BCUT2D eigenvalue weighted by Gasteiger charge is -2.13. The number of carbonyl (C=O) groups is 1. The van der Waals surface area contributed by atoms with Crippen LogP contribution in [0, 0.1) is 6.92 Å². The van der Waals surface area contributed by atoms with E-state index in [9.17, 15) is 9.90 Å². The highest BCUT2D eigenvalue weighted by molar-refractivity contribution is 8.00. The summed E-state index contributed by atoms with van der Waals surface area (Å²) in [5.74, 6) is 0.106. The Bertz CT molecular complexity index is 1330. The summed E-state index contributed by atoms with van der Waals surface area (Å²) in [6.07, 6.45) is 7.21. The molecule has 0 spiro atoms. The number of hydrogen-bond acceptors (Lipinski definition) is 8. The van der Waals surface area contributed by atoms with E-state index >= 15 is 0 Å². The number of benzene rings is 1. The molecule has 1 aliphatic rings. The van der Waals surface area contributed by atoms with Crippen molar-refractivity contribution in [3.05, 3.63) is 46.6 Å². The van der Waals surface area contributed by atoms with Crippen LogP contribution in [0.15, 0.2) is 29.1 Å². The van der Waals surface area contributed by atoms with Gasteiger partial charge in [-0.3, -0.25) is 0 Å². The highest BCUT2D eigenvalue weighted by Gasteiger charge is 2.34. The molecule has 3 heterocycles.